The number of aromatic nitrogens is 1. The van der Waals surface area contributed by atoms with Gasteiger partial charge in [0.25, 0.3) is 0 Å². The summed E-state index contributed by atoms with van der Waals surface area (Å²) < 4.78 is 0.848. The van der Waals surface area contributed by atoms with Crippen molar-refractivity contribution in [3.05, 3.63) is 88.2 Å². The fourth-order valence-electron chi connectivity index (χ4n) is 2.64. The van der Waals surface area contributed by atoms with E-state index in [4.69, 9.17) is 0 Å². The van der Waals surface area contributed by atoms with Gasteiger partial charge in [-0.3, -0.25) is 0 Å². The van der Waals surface area contributed by atoms with Crippen molar-refractivity contribution < 1.29 is 0 Å². The van der Waals surface area contributed by atoms with Gasteiger partial charge in [-0.05, 0) is 52.2 Å². The number of aryl methyl sites for hydroxylation is 1. The van der Waals surface area contributed by atoms with Crippen molar-refractivity contribution in [1.82, 2.24) is 4.98 Å². The van der Waals surface area contributed by atoms with Gasteiger partial charge in [0.2, 0.25) is 0 Å². The van der Waals surface area contributed by atoms with Gasteiger partial charge in [-0.25, -0.2) is 4.98 Å². The van der Waals surface area contributed by atoms with Gasteiger partial charge in [-0.15, -0.1) is 0 Å². The third-order valence-corrected chi connectivity index (χ3v) is 4.84. The first kappa shape index (κ1) is 16.2. The highest BCUT2D eigenvalue weighted by Crippen LogP contribution is 2.27. The molecule has 23 heavy (non-hydrogen) atoms. The maximum atomic E-state index is 4.66. The number of nitrogens with zero attached hydrogens (tertiary/aromatic N) is 1. The van der Waals surface area contributed by atoms with Crippen molar-refractivity contribution in [3.63, 3.8) is 0 Å². The Kier molecular flexibility index (Phi) is 5.09. The Morgan fingerprint density at radius 3 is 2.39 bits per heavy atom. The minimum absolute atomic E-state index is 0.0123. The molecule has 0 saturated carbocycles. The lowest BCUT2D eigenvalue weighted by Crippen LogP contribution is -2.18. The van der Waals surface area contributed by atoms with E-state index in [1.165, 1.54) is 22.1 Å². The topological polar surface area (TPSA) is 24.9 Å². The van der Waals surface area contributed by atoms with Crippen LogP contribution in [-0.4, -0.2) is 4.98 Å². The summed E-state index contributed by atoms with van der Waals surface area (Å²) in [4.78, 5) is 4.66. The van der Waals surface area contributed by atoms with E-state index in [1.807, 2.05) is 27.4 Å². The summed E-state index contributed by atoms with van der Waals surface area (Å²) in [7, 11) is 1.91. The van der Waals surface area contributed by atoms with Gasteiger partial charge in [0, 0.05) is 9.24 Å². The summed E-state index contributed by atoms with van der Waals surface area (Å²) in [5, 5.41) is 4.96. The maximum absolute atomic E-state index is 4.66. The van der Waals surface area contributed by atoms with Gasteiger partial charge in [-0.2, -0.15) is 0 Å². The van der Waals surface area contributed by atoms with Gasteiger partial charge >= 0.3 is 0 Å². The third-order valence-electron chi connectivity index (χ3n) is 3.81. The van der Waals surface area contributed by atoms with Gasteiger partial charge in [0.1, 0.15) is 9.91 Å². The molecule has 0 aliphatic heterocycles. The fraction of sp³-hybridized carbons (Fsp3) is 0.105. The molecule has 0 amide bonds. The molecule has 3 rings (SSSR count). The van der Waals surface area contributed by atoms with Crippen LogP contribution in [0.25, 0.3) is 0 Å². The van der Waals surface area contributed by atoms with Crippen LogP contribution in [-0.2, 0) is 0 Å². The fourth-order valence-corrected chi connectivity index (χ4v) is 3.51. The maximum Gasteiger partial charge on any atom is 0.110 e. The largest absolute Gasteiger partial charge is 0.369 e. The number of rotatable bonds is 4. The van der Waals surface area contributed by atoms with Crippen LogP contribution in [0.1, 0.15) is 22.9 Å². The number of hydrogen-bond acceptors (Lipinski definition) is 2. The molecule has 0 spiro atoms. The first-order valence-electron chi connectivity index (χ1n) is 7.50. The second-order valence-electron chi connectivity index (χ2n) is 5.48. The SMILES string of the molecule is Cc1cccc([PH3+])c1NC(c1ccccc1)c1cccc(Br)n1. The van der Waals surface area contributed by atoms with Gasteiger partial charge in [0.15, 0.2) is 0 Å². The summed E-state index contributed by atoms with van der Waals surface area (Å²) in [6, 6.07) is 22.9. The molecule has 2 nitrogen and oxygen atoms in total. The normalized spacial score (nSPS) is 12.1. The molecule has 0 saturated heterocycles. The van der Waals surface area contributed by atoms with Crippen molar-refractivity contribution >= 4 is 36.2 Å². The number of hydrogen-bond donors (Lipinski definition) is 1. The minimum atomic E-state index is 0.0123. The van der Waals surface area contributed by atoms with E-state index in [9.17, 15) is 0 Å². The monoisotopic (exact) mass is 385 g/mol. The highest BCUT2D eigenvalue weighted by atomic mass is 79.9. The van der Waals surface area contributed by atoms with Crippen molar-refractivity contribution in [2.24, 2.45) is 0 Å². The van der Waals surface area contributed by atoms with Crippen LogP contribution in [0.4, 0.5) is 5.69 Å². The molecule has 2 unspecified atom stereocenters. The minimum Gasteiger partial charge on any atom is -0.369 e. The first-order valence-corrected chi connectivity index (χ1v) is 9.00. The number of anilines is 1. The van der Waals surface area contributed by atoms with Crippen LogP contribution in [0.2, 0.25) is 0 Å². The van der Waals surface area contributed by atoms with Crippen LogP contribution in [0, 0.1) is 6.92 Å². The summed E-state index contributed by atoms with van der Waals surface area (Å²) in [5.41, 5.74) is 4.62. The smallest absolute Gasteiger partial charge is 0.110 e. The molecule has 0 fully saturated rings. The van der Waals surface area contributed by atoms with Crippen molar-refractivity contribution in [1.29, 1.82) is 0 Å². The molecule has 116 valence electrons. The Hall–Kier alpha value is -1.70. The predicted octanol–water partition coefficient (Wildman–Crippen LogP) is 4.59. The molecule has 3 aromatic rings. The molecule has 0 aliphatic rings. The summed E-state index contributed by atoms with van der Waals surface area (Å²) >= 11 is 3.48. The average molecular weight is 386 g/mol. The molecule has 0 bridgehead atoms. The van der Waals surface area contributed by atoms with Crippen LogP contribution in [0.3, 0.4) is 0 Å². The van der Waals surface area contributed by atoms with E-state index in [0.29, 0.717) is 0 Å². The summed E-state index contributed by atoms with van der Waals surface area (Å²) in [5.74, 6) is 0. The number of pyridine rings is 1. The number of halogens is 1. The van der Waals surface area contributed by atoms with Gasteiger partial charge in [0.05, 0.1) is 17.4 Å². The third kappa shape index (κ3) is 3.80. The number of para-hydroxylation sites is 1. The zero-order valence-corrected chi connectivity index (χ0v) is 16.0. The van der Waals surface area contributed by atoms with Crippen molar-refractivity contribution in [2.75, 3.05) is 5.32 Å². The number of nitrogens with one attached hydrogen (secondary N) is 1. The van der Waals surface area contributed by atoms with Crippen LogP contribution in [0.15, 0.2) is 71.3 Å². The van der Waals surface area contributed by atoms with E-state index in [-0.39, 0.29) is 6.04 Å². The molecule has 0 radical (unpaired) electrons. The van der Waals surface area contributed by atoms with E-state index < -0.39 is 0 Å². The Labute approximate surface area is 147 Å². The van der Waals surface area contributed by atoms with Crippen LogP contribution >= 0.6 is 25.2 Å². The zero-order valence-electron chi connectivity index (χ0n) is 13.0. The molecular formula is C19H19BrN2P+. The summed E-state index contributed by atoms with van der Waals surface area (Å²) in [6.45, 7) is 2.14. The Bertz CT molecular complexity index is 785. The highest BCUT2D eigenvalue weighted by molar-refractivity contribution is 9.10. The average Bonchev–Trinajstić information content (AvgIpc) is 2.55. The molecule has 4 heteroatoms. The first-order chi connectivity index (χ1) is 11.1. The van der Waals surface area contributed by atoms with Crippen LogP contribution < -0.4 is 10.6 Å². The second kappa shape index (κ2) is 7.25. The van der Waals surface area contributed by atoms with E-state index >= 15 is 0 Å². The molecule has 1 heterocycles. The molecule has 1 aromatic heterocycles. The Balaban J connectivity index is 2.06. The molecule has 2 atom stereocenters. The van der Waals surface area contributed by atoms with Crippen molar-refractivity contribution in [3.8, 4) is 0 Å². The highest BCUT2D eigenvalue weighted by Gasteiger charge is 2.18. The standard InChI is InChI=1S/C19H18BrN2P/c1-13-7-5-11-16(23)18(13)22-19(14-8-3-2-4-9-14)15-10-6-12-17(20)21-15/h2-12,19,22H,23H2,1H3/p+1. The Morgan fingerprint density at radius 1 is 0.957 bits per heavy atom. The lowest BCUT2D eigenvalue weighted by molar-refractivity contribution is 0.881. The lowest BCUT2D eigenvalue weighted by Gasteiger charge is -2.21. The second-order valence-corrected chi connectivity index (χ2v) is 7.06. The molecule has 0 aliphatic carbocycles. The zero-order chi connectivity index (χ0) is 16.2. The predicted molar refractivity (Wildman–Crippen MR) is 106 cm³/mol. The van der Waals surface area contributed by atoms with Gasteiger partial charge in [-0.1, -0.05) is 48.5 Å². The quantitative estimate of drug-likeness (QED) is 0.524. The number of benzene rings is 2. The van der Waals surface area contributed by atoms with E-state index in [0.717, 1.165) is 10.3 Å². The Morgan fingerprint density at radius 2 is 1.70 bits per heavy atom. The van der Waals surface area contributed by atoms with Crippen LogP contribution in [0.5, 0.6) is 0 Å². The molecule has 2 aromatic carbocycles. The molecule has 1 N–H and O–H groups in total. The van der Waals surface area contributed by atoms with E-state index in [2.05, 4.69) is 81.7 Å². The van der Waals surface area contributed by atoms with Gasteiger partial charge < -0.3 is 5.32 Å². The van der Waals surface area contributed by atoms with Crippen molar-refractivity contribution in [2.45, 2.75) is 13.0 Å². The van der Waals surface area contributed by atoms with E-state index in [1.54, 1.807) is 0 Å². The molecular weight excluding hydrogens is 367 g/mol. The summed E-state index contributed by atoms with van der Waals surface area (Å²) in [6.07, 6.45) is 0. The lowest BCUT2D eigenvalue weighted by atomic mass is 10.0.